The van der Waals surface area contributed by atoms with Gasteiger partial charge >= 0.3 is 12.2 Å². The van der Waals surface area contributed by atoms with E-state index in [1.54, 1.807) is 4.90 Å². The van der Waals surface area contributed by atoms with Crippen molar-refractivity contribution < 1.29 is 17.9 Å². The van der Waals surface area contributed by atoms with Crippen LogP contribution in [0.25, 0.3) is 0 Å². The summed E-state index contributed by atoms with van der Waals surface area (Å²) in [6.45, 7) is -1.55. The molecule has 0 amide bonds. The molecule has 3 aromatic carbocycles. The van der Waals surface area contributed by atoms with Gasteiger partial charge in [0.05, 0.1) is 6.21 Å². The van der Waals surface area contributed by atoms with E-state index >= 15 is 0 Å². The van der Waals surface area contributed by atoms with Gasteiger partial charge in [0.25, 0.3) is 5.95 Å². The number of alkyl halides is 3. The Balaban J connectivity index is 1.73. The molecule has 0 bridgehead atoms. The second-order valence-electron chi connectivity index (χ2n) is 7.04. The van der Waals surface area contributed by atoms with Crippen LogP contribution in [0.1, 0.15) is 5.56 Å². The van der Waals surface area contributed by atoms with Gasteiger partial charge in [-0.3, -0.25) is 4.90 Å². The lowest BCUT2D eigenvalue weighted by Crippen LogP contribution is -2.21. The predicted molar refractivity (Wildman–Crippen MR) is 131 cm³/mol. The zero-order valence-corrected chi connectivity index (χ0v) is 19.6. The van der Waals surface area contributed by atoms with E-state index in [4.69, 9.17) is 4.74 Å². The number of nitrogens with one attached hydrogen (secondary N) is 1. The van der Waals surface area contributed by atoms with Crippen LogP contribution in [0.5, 0.6) is 6.01 Å². The van der Waals surface area contributed by atoms with Gasteiger partial charge < -0.3 is 4.74 Å². The first-order chi connectivity index (χ1) is 16.9. The van der Waals surface area contributed by atoms with Gasteiger partial charge in [0.1, 0.15) is 0 Å². The smallest absolute Gasteiger partial charge is 0.422 e. The number of hydrogen-bond donors (Lipinski definition) is 1. The average Bonchev–Trinajstić information content (AvgIpc) is 2.85. The molecule has 0 fully saturated rings. The van der Waals surface area contributed by atoms with Crippen molar-refractivity contribution >= 4 is 45.4 Å². The Kier molecular flexibility index (Phi) is 7.56. The quantitative estimate of drug-likeness (QED) is 0.202. The highest BCUT2D eigenvalue weighted by atomic mass is 79.9. The van der Waals surface area contributed by atoms with E-state index < -0.39 is 18.8 Å². The Morgan fingerprint density at radius 3 is 2.06 bits per heavy atom. The van der Waals surface area contributed by atoms with Crippen molar-refractivity contribution in [2.45, 2.75) is 6.18 Å². The van der Waals surface area contributed by atoms with Crippen molar-refractivity contribution in [1.82, 2.24) is 15.0 Å². The molecule has 7 nitrogen and oxygen atoms in total. The fourth-order valence-electron chi connectivity index (χ4n) is 2.98. The second-order valence-corrected chi connectivity index (χ2v) is 7.90. The number of hydrogen-bond acceptors (Lipinski definition) is 7. The lowest BCUT2D eigenvalue weighted by molar-refractivity contribution is -0.154. The molecule has 178 valence electrons. The maximum absolute atomic E-state index is 12.8. The molecule has 0 saturated heterocycles. The van der Waals surface area contributed by atoms with E-state index in [0.29, 0.717) is 11.4 Å². The van der Waals surface area contributed by atoms with Crippen LogP contribution in [0.15, 0.2) is 94.5 Å². The largest absolute Gasteiger partial charge is 0.454 e. The summed E-state index contributed by atoms with van der Waals surface area (Å²) >= 11 is 3.42. The summed E-state index contributed by atoms with van der Waals surface area (Å²) in [6.07, 6.45) is -3.04. The Bertz CT molecular complexity index is 1250. The third-order valence-electron chi connectivity index (χ3n) is 4.47. The van der Waals surface area contributed by atoms with Crippen molar-refractivity contribution in [3.05, 3.63) is 95.0 Å². The average molecular weight is 543 g/mol. The van der Waals surface area contributed by atoms with Crippen molar-refractivity contribution in [2.24, 2.45) is 5.10 Å². The van der Waals surface area contributed by atoms with Gasteiger partial charge in [-0.2, -0.15) is 33.2 Å². The lowest BCUT2D eigenvalue weighted by atomic mass is 10.2. The number of nitrogens with zero attached hydrogens (tertiary/aromatic N) is 5. The van der Waals surface area contributed by atoms with E-state index in [9.17, 15) is 13.2 Å². The molecule has 35 heavy (non-hydrogen) atoms. The number of ether oxygens (including phenoxy) is 1. The Morgan fingerprint density at radius 2 is 1.46 bits per heavy atom. The minimum atomic E-state index is -4.56. The van der Waals surface area contributed by atoms with Crippen LogP contribution in [-0.4, -0.2) is 33.9 Å². The van der Waals surface area contributed by atoms with Crippen LogP contribution >= 0.6 is 15.9 Å². The van der Waals surface area contributed by atoms with Gasteiger partial charge in [-0.05, 0) is 30.3 Å². The van der Waals surface area contributed by atoms with Crippen molar-refractivity contribution in [1.29, 1.82) is 0 Å². The van der Waals surface area contributed by atoms with Crippen LogP contribution in [0.4, 0.5) is 36.4 Å². The first kappa shape index (κ1) is 24.1. The molecular weight excluding hydrogens is 525 g/mol. The summed E-state index contributed by atoms with van der Waals surface area (Å²) < 4.78 is 44.1. The molecule has 4 aromatic rings. The minimum absolute atomic E-state index is 0.0492. The predicted octanol–water partition coefficient (Wildman–Crippen LogP) is 6.49. The van der Waals surface area contributed by atoms with Crippen molar-refractivity contribution in [3.63, 3.8) is 0 Å². The number of benzene rings is 3. The second kappa shape index (κ2) is 11.0. The Hall–Kier alpha value is -3.99. The van der Waals surface area contributed by atoms with E-state index in [0.717, 1.165) is 10.0 Å². The summed E-state index contributed by atoms with van der Waals surface area (Å²) in [6, 6.07) is 25.2. The van der Waals surface area contributed by atoms with E-state index in [1.165, 1.54) is 6.21 Å². The molecule has 4 rings (SSSR count). The van der Waals surface area contributed by atoms with Crippen molar-refractivity contribution in [2.75, 3.05) is 16.9 Å². The molecule has 0 aliphatic carbocycles. The molecule has 0 atom stereocenters. The number of anilines is 4. The molecule has 0 aliphatic heterocycles. The number of halogens is 4. The van der Waals surface area contributed by atoms with E-state index in [-0.39, 0.29) is 11.9 Å². The normalized spacial score (nSPS) is 11.4. The fraction of sp³-hybridized carbons (Fsp3) is 0.0833. The monoisotopic (exact) mass is 542 g/mol. The van der Waals surface area contributed by atoms with Crippen LogP contribution in [0.3, 0.4) is 0 Å². The minimum Gasteiger partial charge on any atom is -0.454 e. The molecule has 1 heterocycles. The maximum atomic E-state index is 12.8. The van der Waals surface area contributed by atoms with Gasteiger partial charge in [0, 0.05) is 21.4 Å². The molecule has 0 unspecified atom stereocenters. The number of rotatable bonds is 8. The number of aromatic nitrogens is 3. The van der Waals surface area contributed by atoms with Gasteiger partial charge in [-0.1, -0.05) is 70.5 Å². The third-order valence-corrected chi connectivity index (χ3v) is 5.19. The summed E-state index contributed by atoms with van der Waals surface area (Å²) in [5.41, 5.74) is 4.81. The Labute approximate surface area is 207 Å². The van der Waals surface area contributed by atoms with Crippen LogP contribution in [0, 0.1) is 0 Å². The lowest BCUT2D eigenvalue weighted by Gasteiger charge is -2.23. The van der Waals surface area contributed by atoms with Crippen LogP contribution < -0.4 is 15.1 Å². The molecular formula is C24H18BrF3N6O. The molecule has 0 spiro atoms. The standard InChI is InChI=1S/C24H18BrF3N6O/c25-20-14-8-7-9-17(20)15-29-33-21-30-22(32-23(31-21)35-16-24(26,27)28)34(18-10-3-1-4-11-18)19-12-5-2-6-13-19/h1-15H,16H2,(H,30,31,32,33)/b29-15-. The van der Waals surface area contributed by atoms with E-state index in [1.807, 2.05) is 84.9 Å². The fourth-order valence-corrected chi connectivity index (χ4v) is 3.37. The maximum Gasteiger partial charge on any atom is 0.422 e. The first-order valence-electron chi connectivity index (χ1n) is 10.3. The van der Waals surface area contributed by atoms with Crippen LogP contribution in [0.2, 0.25) is 0 Å². The SMILES string of the molecule is FC(F)(F)COc1nc(N/N=C\c2ccccc2Br)nc(N(c2ccccc2)c2ccccc2)n1. The van der Waals surface area contributed by atoms with Gasteiger partial charge in [-0.15, -0.1) is 0 Å². The van der Waals surface area contributed by atoms with Gasteiger partial charge in [-0.25, -0.2) is 5.43 Å². The third kappa shape index (κ3) is 6.76. The summed E-state index contributed by atoms with van der Waals surface area (Å²) in [7, 11) is 0. The molecule has 0 saturated carbocycles. The molecule has 1 aromatic heterocycles. The van der Waals surface area contributed by atoms with Gasteiger partial charge in [0.2, 0.25) is 5.95 Å². The molecule has 0 aliphatic rings. The van der Waals surface area contributed by atoms with Crippen molar-refractivity contribution in [3.8, 4) is 6.01 Å². The molecule has 11 heteroatoms. The Morgan fingerprint density at radius 1 is 0.857 bits per heavy atom. The first-order valence-corrected chi connectivity index (χ1v) is 11.1. The summed E-state index contributed by atoms with van der Waals surface area (Å²) in [5, 5.41) is 4.11. The zero-order valence-electron chi connectivity index (χ0n) is 18.0. The molecule has 0 radical (unpaired) electrons. The van der Waals surface area contributed by atoms with Gasteiger partial charge in [0.15, 0.2) is 6.61 Å². The highest BCUT2D eigenvalue weighted by Gasteiger charge is 2.29. The number of para-hydroxylation sites is 2. The zero-order chi connectivity index (χ0) is 24.7. The highest BCUT2D eigenvalue weighted by molar-refractivity contribution is 9.10. The summed E-state index contributed by atoms with van der Waals surface area (Å²) in [4.78, 5) is 14.2. The van der Waals surface area contributed by atoms with E-state index in [2.05, 4.69) is 41.4 Å². The molecule has 1 N–H and O–H groups in total. The number of hydrazone groups is 1. The summed E-state index contributed by atoms with van der Waals surface area (Å²) in [5.74, 6) is -0.0412. The van der Waals surface area contributed by atoms with Crippen LogP contribution in [-0.2, 0) is 0 Å². The highest BCUT2D eigenvalue weighted by Crippen LogP contribution is 2.33. The topological polar surface area (TPSA) is 75.5 Å².